The summed E-state index contributed by atoms with van der Waals surface area (Å²) in [6.07, 6.45) is 0. The first-order valence-corrected chi connectivity index (χ1v) is 9.59. The van der Waals surface area contributed by atoms with Crippen LogP contribution in [0.3, 0.4) is 0 Å². The Hall–Kier alpha value is -3.59. The van der Waals surface area contributed by atoms with Crippen molar-refractivity contribution < 1.29 is 9.53 Å². The highest BCUT2D eigenvalue weighted by molar-refractivity contribution is 5.94. The van der Waals surface area contributed by atoms with Crippen LogP contribution in [-0.4, -0.2) is 49.1 Å². The maximum Gasteiger partial charge on any atom is 0.253 e. The summed E-state index contributed by atoms with van der Waals surface area (Å²) in [5.41, 5.74) is 3.17. The number of nitrogens with zero attached hydrogens (tertiary/aromatic N) is 4. The Bertz CT molecular complexity index is 1090. The van der Waals surface area contributed by atoms with Crippen LogP contribution in [0, 0.1) is 18.3 Å². The Balaban J connectivity index is 1.54. The zero-order valence-corrected chi connectivity index (χ0v) is 16.6. The molecule has 0 bridgehead atoms. The average molecular weight is 386 g/mol. The van der Waals surface area contributed by atoms with Crippen LogP contribution < -0.4 is 9.64 Å². The molecule has 0 atom stereocenters. The van der Waals surface area contributed by atoms with Gasteiger partial charge < -0.3 is 14.5 Å². The van der Waals surface area contributed by atoms with E-state index in [1.165, 1.54) is 0 Å². The number of aromatic nitrogens is 1. The lowest BCUT2D eigenvalue weighted by molar-refractivity contribution is 0.0746. The van der Waals surface area contributed by atoms with Gasteiger partial charge in [0.25, 0.3) is 5.91 Å². The van der Waals surface area contributed by atoms with Crippen molar-refractivity contribution in [1.29, 1.82) is 5.26 Å². The number of fused-ring (bicyclic) bond motifs is 1. The molecule has 1 amide bonds. The number of carbonyl (C=O) groups is 1. The Morgan fingerprint density at radius 3 is 2.45 bits per heavy atom. The maximum atomic E-state index is 12.7. The summed E-state index contributed by atoms with van der Waals surface area (Å²) in [7, 11) is 1.62. The third-order valence-corrected chi connectivity index (χ3v) is 5.29. The van der Waals surface area contributed by atoms with Crippen LogP contribution in [0.1, 0.15) is 21.5 Å². The number of hydrogen-bond acceptors (Lipinski definition) is 5. The summed E-state index contributed by atoms with van der Waals surface area (Å²) in [5.74, 6) is 1.44. The van der Waals surface area contributed by atoms with Crippen molar-refractivity contribution in [2.75, 3.05) is 38.2 Å². The summed E-state index contributed by atoms with van der Waals surface area (Å²) in [6, 6.07) is 17.4. The first-order valence-electron chi connectivity index (χ1n) is 9.59. The SMILES string of the molecule is COc1ccc2cc(C#N)c(N3CCN(C(=O)c4ccc(C)cc4)CC3)nc2c1. The van der Waals surface area contributed by atoms with Gasteiger partial charge in [-0.25, -0.2) is 4.98 Å². The smallest absolute Gasteiger partial charge is 0.253 e. The number of methoxy groups -OCH3 is 1. The topological polar surface area (TPSA) is 69.5 Å². The second-order valence-corrected chi connectivity index (χ2v) is 7.18. The summed E-state index contributed by atoms with van der Waals surface area (Å²) >= 11 is 0. The highest BCUT2D eigenvalue weighted by Crippen LogP contribution is 2.27. The zero-order chi connectivity index (χ0) is 20.4. The normalized spacial score (nSPS) is 14.0. The van der Waals surface area contributed by atoms with Crippen LogP contribution >= 0.6 is 0 Å². The van der Waals surface area contributed by atoms with Gasteiger partial charge in [0.05, 0.1) is 18.2 Å². The predicted molar refractivity (Wildman–Crippen MR) is 112 cm³/mol. The summed E-state index contributed by atoms with van der Waals surface area (Å²) in [6.45, 7) is 4.46. The minimum absolute atomic E-state index is 0.0429. The fraction of sp³-hybridized carbons (Fsp3) is 0.261. The number of nitriles is 1. The highest BCUT2D eigenvalue weighted by Gasteiger charge is 2.24. The molecule has 0 N–H and O–H groups in total. The van der Waals surface area contributed by atoms with Crippen LogP contribution in [0.15, 0.2) is 48.5 Å². The van der Waals surface area contributed by atoms with Crippen molar-refractivity contribution in [2.24, 2.45) is 0 Å². The van der Waals surface area contributed by atoms with Crippen molar-refractivity contribution in [3.63, 3.8) is 0 Å². The van der Waals surface area contributed by atoms with Crippen LogP contribution in [0.2, 0.25) is 0 Å². The molecular formula is C23H22N4O2. The summed E-state index contributed by atoms with van der Waals surface area (Å²) in [4.78, 5) is 21.4. The van der Waals surface area contributed by atoms with E-state index in [9.17, 15) is 10.1 Å². The van der Waals surface area contributed by atoms with Crippen molar-refractivity contribution in [3.05, 3.63) is 65.2 Å². The molecule has 29 heavy (non-hydrogen) atoms. The molecule has 0 unspecified atom stereocenters. The molecule has 1 aliphatic heterocycles. The molecule has 2 aromatic carbocycles. The molecule has 0 aliphatic carbocycles. The van der Waals surface area contributed by atoms with Crippen LogP contribution in [0.4, 0.5) is 5.82 Å². The Morgan fingerprint density at radius 1 is 1.07 bits per heavy atom. The number of aryl methyl sites for hydroxylation is 1. The first-order chi connectivity index (χ1) is 14.1. The molecule has 1 fully saturated rings. The molecule has 0 radical (unpaired) electrons. The number of pyridine rings is 1. The fourth-order valence-electron chi connectivity index (χ4n) is 3.59. The minimum Gasteiger partial charge on any atom is -0.497 e. The van der Waals surface area contributed by atoms with Crippen molar-refractivity contribution in [1.82, 2.24) is 9.88 Å². The van der Waals surface area contributed by atoms with E-state index in [-0.39, 0.29) is 5.91 Å². The van der Waals surface area contributed by atoms with Gasteiger partial charge in [0, 0.05) is 43.2 Å². The van der Waals surface area contributed by atoms with Gasteiger partial charge in [0.15, 0.2) is 0 Å². The Morgan fingerprint density at radius 2 is 1.79 bits per heavy atom. The van der Waals surface area contributed by atoms with Crippen LogP contribution in [0.25, 0.3) is 10.9 Å². The zero-order valence-electron chi connectivity index (χ0n) is 16.6. The second kappa shape index (κ2) is 7.80. The van der Waals surface area contributed by atoms with Crippen LogP contribution in [-0.2, 0) is 0 Å². The van der Waals surface area contributed by atoms with Gasteiger partial charge in [0.2, 0.25) is 0 Å². The Labute approximate surface area is 169 Å². The largest absolute Gasteiger partial charge is 0.497 e. The predicted octanol–water partition coefficient (Wildman–Crippen LogP) is 3.39. The van der Waals surface area contributed by atoms with Crippen molar-refractivity contribution >= 4 is 22.6 Å². The molecule has 1 aromatic heterocycles. The summed E-state index contributed by atoms with van der Waals surface area (Å²) in [5, 5.41) is 10.5. The number of piperazine rings is 1. The van der Waals surface area contributed by atoms with Gasteiger partial charge in [-0.05, 0) is 37.3 Å². The van der Waals surface area contributed by atoms with Gasteiger partial charge in [0.1, 0.15) is 17.6 Å². The van der Waals surface area contributed by atoms with E-state index in [0.717, 1.165) is 22.2 Å². The third kappa shape index (κ3) is 3.72. The standard InChI is InChI=1S/C23H22N4O2/c1-16-3-5-17(6-4-16)23(28)27-11-9-26(10-12-27)22-19(15-24)13-18-7-8-20(29-2)14-21(18)25-22/h3-8,13-14H,9-12H2,1-2H3. The Kier molecular flexibility index (Phi) is 5.05. The maximum absolute atomic E-state index is 12.7. The van der Waals surface area contributed by atoms with Gasteiger partial charge >= 0.3 is 0 Å². The minimum atomic E-state index is 0.0429. The van der Waals surface area contributed by atoms with Crippen molar-refractivity contribution in [3.8, 4) is 11.8 Å². The van der Waals surface area contributed by atoms with Crippen molar-refractivity contribution in [2.45, 2.75) is 6.92 Å². The third-order valence-electron chi connectivity index (χ3n) is 5.29. The van der Waals surface area contributed by atoms with E-state index in [4.69, 9.17) is 9.72 Å². The van der Waals surface area contributed by atoms with E-state index in [2.05, 4.69) is 11.0 Å². The van der Waals surface area contributed by atoms with Gasteiger partial charge in [-0.2, -0.15) is 5.26 Å². The highest BCUT2D eigenvalue weighted by atomic mass is 16.5. The summed E-state index contributed by atoms with van der Waals surface area (Å²) < 4.78 is 5.29. The second-order valence-electron chi connectivity index (χ2n) is 7.18. The van der Waals surface area contributed by atoms with Crippen LogP contribution in [0.5, 0.6) is 5.75 Å². The lowest BCUT2D eigenvalue weighted by atomic mass is 10.1. The number of carbonyl (C=O) groups excluding carboxylic acids is 1. The molecule has 3 aromatic rings. The van der Waals surface area contributed by atoms with E-state index in [1.54, 1.807) is 7.11 Å². The molecule has 6 nitrogen and oxygen atoms in total. The molecule has 146 valence electrons. The quantitative estimate of drug-likeness (QED) is 0.690. The molecule has 6 heteroatoms. The number of benzene rings is 2. The van der Waals surface area contributed by atoms with E-state index < -0.39 is 0 Å². The lowest BCUT2D eigenvalue weighted by Crippen LogP contribution is -2.49. The number of hydrogen-bond donors (Lipinski definition) is 0. The van der Waals surface area contributed by atoms with E-state index in [1.807, 2.05) is 60.4 Å². The van der Waals surface area contributed by atoms with E-state index >= 15 is 0 Å². The molecular weight excluding hydrogens is 364 g/mol. The molecule has 0 saturated carbocycles. The molecule has 2 heterocycles. The number of ether oxygens (including phenoxy) is 1. The molecule has 1 saturated heterocycles. The fourth-order valence-corrected chi connectivity index (χ4v) is 3.59. The lowest BCUT2D eigenvalue weighted by Gasteiger charge is -2.36. The average Bonchev–Trinajstić information content (AvgIpc) is 2.78. The number of amides is 1. The first kappa shape index (κ1) is 18.8. The molecule has 1 aliphatic rings. The molecule has 4 rings (SSSR count). The monoisotopic (exact) mass is 386 g/mol. The van der Waals surface area contributed by atoms with Gasteiger partial charge in [-0.1, -0.05) is 17.7 Å². The van der Waals surface area contributed by atoms with E-state index in [0.29, 0.717) is 43.1 Å². The van der Waals surface area contributed by atoms with Gasteiger partial charge in [-0.3, -0.25) is 4.79 Å². The number of anilines is 1. The van der Waals surface area contributed by atoms with Gasteiger partial charge in [-0.15, -0.1) is 0 Å². The number of rotatable bonds is 3. The molecule has 0 spiro atoms.